The molecule has 0 spiro atoms. The number of hydrogen-bond donors (Lipinski definition) is 2. The quantitative estimate of drug-likeness (QED) is 0.195. The number of nitrogen functional groups attached to an aromatic ring is 1. The van der Waals surface area contributed by atoms with Crippen LogP contribution in [0.5, 0.6) is 11.5 Å². The summed E-state index contributed by atoms with van der Waals surface area (Å²) < 4.78 is 42.0. The normalized spacial score (nSPS) is 22.1. The fraction of sp³-hybridized carbons (Fsp3) is 0.269. The van der Waals surface area contributed by atoms with E-state index in [-0.39, 0.29) is 56.5 Å². The molecule has 1 aliphatic carbocycles. The zero-order valence-corrected chi connectivity index (χ0v) is 22.0. The first-order valence-corrected chi connectivity index (χ1v) is 12.7. The average Bonchev–Trinajstić information content (AvgIpc) is 3.68. The van der Waals surface area contributed by atoms with Crippen LogP contribution in [0.25, 0.3) is 0 Å². The summed E-state index contributed by atoms with van der Waals surface area (Å²) in [5, 5.41) is 12.1. The third kappa shape index (κ3) is 5.10. The summed E-state index contributed by atoms with van der Waals surface area (Å²) in [5.41, 5.74) is 3.48. The molecule has 2 aromatic carbocycles. The van der Waals surface area contributed by atoms with Crippen molar-refractivity contribution in [2.75, 3.05) is 18.9 Å². The lowest BCUT2D eigenvalue weighted by atomic mass is 9.98. The van der Waals surface area contributed by atoms with Crippen LogP contribution in [0.4, 0.5) is 14.5 Å². The van der Waals surface area contributed by atoms with E-state index < -0.39 is 41.7 Å². The van der Waals surface area contributed by atoms with Gasteiger partial charge in [0.2, 0.25) is 0 Å². The molecule has 3 aliphatic rings. The second kappa shape index (κ2) is 10.7. The van der Waals surface area contributed by atoms with Gasteiger partial charge in [-0.1, -0.05) is 29.3 Å². The minimum Gasteiger partial charge on any atom is -0.626 e. The molecule has 10 nitrogen and oxygen atoms in total. The molecule has 0 bridgehead atoms. The molecule has 0 saturated heterocycles. The number of carbonyl (C=O) groups is 3. The van der Waals surface area contributed by atoms with Crippen molar-refractivity contribution in [3.05, 3.63) is 80.6 Å². The number of allylic oxidation sites excluding steroid dienone is 2. The topological polar surface area (TPSA) is 136 Å². The molecule has 40 heavy (non-hydrogen) atoms. The maximum absolute atomic E-state index is 13.4. The van der Waals surface area contributed by atoms with Crippen molar-refractivity contribution in [3.8, 4) is 11.5 Å². The van der Waals surface area contributed by atoms with E-state index in [2.05, 4.69) is 4.74 Å². The number of carbonyl (C=O) groups excluding carboxylic acids is 3. The number of anilines is 1. The van der Waals surface area contributed by atoms with Crippen molar-refractivity contribution in [1.29, 1.82) is 0 Å². The van der Waals surface area contributed by atoms with Gasteiger partial charge in [0.1, 0.15) is 17.8 Å². The summed E-state index contributed by atoms with van der Waals surface area (Å²) in [5.74, 6) is -2.96. The minimum atomic E-state index is -3.16. The fourth-order valence-corrected chi connectivity index (χ4v) is 5.03. The molecule has 2 atom stereocenters. The molecule has 0 aromatic heterocycles. The Morgan fingerprint density at radius 1 is 1.18 bits per heavy atom. The van der Waals surface area contributed by atoms with E-state index >= 15 is 0 Å². The van der Waals surface area contributed by atoms with Crippen LogP contribution >= 0.6 is 23.2 Å². The lowest BCUT2D eigenvalue weighted by Gasteiger charge is -2.41. The number of esters is 1. The number of imide groups is 1. The van der Waals surface area contributed by atoms with E-state index in [4.69, 9.17) is 38.4 Å². The molecular formula is C26H21Cl2F2N3O7. The molecule has 5 rings (SSSR count). The number of alkyl halides is 2. The van der Waals surface area contributed by atoms with Gasteiger partial charge in [-0.25, -0.2) is 4.79 Å². The molecule has 2 aliphatic heterocycles. The Labute approximate surface area is 236 Å². The number of quaternary nitrogens is 1. The molecule has 1 fully saturated rings. The van der Waals surface area contributed by atoms with Crippen molar-refractivity contribution in [1.82, 2.24) is 4.90 Å². The smallest absolute Gasteiger partial charge is 0.387 e. The van der Waals surface area contributed by atoms with Crippen LogP contribution in [0.1, 0.15) is 39.1 Å². The van der Waals surface area contributed by atoms with Gasteiger partial charge < -0.3 is 25.2 Å². The number of amides is 2. The largest absolute Gasteiger partial charge is 0.626 e. The predicted molar refractivity (Wildman–Crippen MR) is 137 cm³/mol. The van der Waals surface area contributed by atoms with Gasteiger partial charge >= 0.3 is 18.3 Å². The maximum Gasteiger partial charge on any atom is 0.387 e. The minimum absolute atomic E-state index is 0.0148. The Hall–Kier alpha value is -3.71. The highest BCUT2D eigenvalue weighted by atomic mass is 35.5. The van der Waals surface area contributed by atoms with Crippen LogP contribution < -0.4 is 20.3 Å². The summed E-state index contributed by atoms with van der Waals surface area (Å²) in [6, 6.07) is 7.86. The van der Waals surface area contributed by atoms with E-state index in [9.17, 15) is 28.4 Å². The molecule has 2 unspecified atom stereocenters. The van der Waals surface area contributed by atoms with Crippen molar-refractivity contribution in [3.63, 3.8) is 0 Å². The summed E-state index contributed by atoms with van der Waals surface area (Å²) in [6.07, 6.45) is 3.96. The molecule has 2 aromatic rings. The second-order valence-electron chi connectivity index (χ2n) is 9.30. The number of hydrogen-bond acceptors (Lipinski definition) is 8. The third-order valence-electron chi connectivity index (χ3n) is 6.54. The number of benzene rings is 2. The van der Waals surface area contributed by atoms with Gasteiger partial charge in [0.15, 0.2) is 11.5 Å². The molecule has 2 heterocycles. The highest BCUT2D eigenvalue weighted by Gasteiger charge is 2.50. The van der Waals surface area contributed by atoms with Crippen molar-refractivity contribution < 1.29 is 42.4 Å². The van der Waals surface area contributed by atoms with Crippen molar-refractivity contribution >= 4 is 46.7 Å². The Balaban J connectivity index is 1.48. The number of hydroxylamine groups is 2. The van der Waals surface area contributed by atoms with E-state index in [0.29, 0.717) is 4.90 Å². The Morgan fingerprint density at radius 3 is 2.58 bits per heavy atom. The maximum atomic E-state index is 13.4. The first-order valence-electron chi connectivity index (χ1n) is 12.0. The van der Waals surface area contributed by atoms with E-state index in [0.717, 1.165) is 25.1 Å². The standard InChI is InChI=1S/C26H21Cl2F2N3O7/c27-15-9-20(28)26(33(37)10-15,14-6-7-18(39-25(29)30)19(8-14)38-12-13-4-5-13)40-21(34)11-32-23(35)16-2-1-3-17(31)22(16)24(32)36/h1-3,6-10,13,25,33H,4-5,11-12,31H2. The van der Waals surface area contributed by atoms with E-state index in [1.807, 2.05) is 0 Å². The van der Waals surface area contributed by atoms with Crippen LogP contribution in [0, 0.1) is 11.1 Å². The van der Waals surface area contributed by atoms with Gasteiger partial charge in [-0.3, -0.25) is 19.6 Å². The molecule has 14 heteroatoms. The zero-order valence-electron chi connectivity index (χ0n) is 20.5. The molecular weight excluding hydrogens is 575 g/mol. The van der Waals surface area contributed by atoms with Crippen molar-refractivity contribution in [2.24, 2.45) is 5.92 Å². The number of halogens is 4. The first-order chi connectivity index (χ1) is 19.0. The van der Waals surface area contributed by atoms with Crippen LogP contribution in [-0.2, 0) is 15.3 Å². The summed E-state index contributed by atoms with van der Waals surface area (Å²) in [4.78, 5) is 39.6. The number of nitrogens with zero attached hydrogens (tertiary/aromatic N) is 1. The zero-order chi connectivity index (χ0) is 28.8. The average molecular weight is 596 g/mol. The Morgan fingerprint density at radius 2 is 1.93 bits per heavy atom. The van der Waals surface area contributed by atoms with Crippen LogP contribution in [0.2, 0.25) is 0 Å². The van der Waals surface area contributed by atoms with Crippen molar-refractivity contribution in [2.45, 2.75) is 25.2 Å². The summed E-state index contributed by atoms with van der Waals surface area (Å²) in [7, 11) is 0. The Kier molecular flexibility index (Phi) is 7.44. The number of rotatable bonds is 9. The van der Waals surface area contributed by atoms with Gasteiger partial charge in [-0.2, -0.15) is 8.78 Å². The van der Waals surface area contributed by atoms with Gasteiger partial charge in [0.25, 0.3) is 11.8 Å². The summed E-state index contributed by atoms with van der Waals surface area (Å²) in [6.45, 7) is -3.82. The number of nitrogens with two attached hydrogens (primary N) is 1. The lowest BCUT2D eigenvalue weighted by Crippen LogP contribution is -3.12. The van der Waals surface area contributed by atoms with Gasteiger partial charge in [0, 0.05) is 5.69 Å². The molecule has 2 amide bonds. The molecule has 1 saturated carbocycles. The SMILES string of the molecule is Nc1cccc2c1C(=O)N(CC(=O)OC1(c3ccc(OC(F)F)c(OCC4CC4)c3)C(Cl)=CC(Cl)=C[NH+]1[O-])C2=O. The van der Waals surface area contributed by atoms with Crippen LogP contribution in [0.15, 0.2) is 58.7 Å². The highest BCUT2D eigenvalue weighted by molar-refractivity contribution is 6.35. The van der Waals surface area contributed by atoms with E-state index in [1.54, 1.807) is 0 Å². The predicted octanol–water partition coefficient (Wildman–Crippen LogP) is 3.25. The van der Waals surface area contributed by atoms with Gasteiger partial charge in [-0.05, 0) is 55.2 Å². The van der Waals surface area contributed by atoms with Gasteiger partial charge in [-0.15, -0.1) is 0 Å². The van der Waals surface area contributed by atoms with Crippen LogP contribution in [-0.4, -0.2) is 42.4 Å². The monoisotopic (exact) mass is 595 g/mol. The van der Waals surface area contributed by atoms with Crippen LogP contribution in [0.3, 0.4) is 0 Å². The highest BCUT2D eigenvalue weighted by Crippen LogP contribution is 2.40. The number of nitrogens with one attached hydrogen (secondary N) is 1. The van der Waals surface area contributed by atoms with E-state index in [1.165, 1.54) is 36.4 Å². The Bertz CT molecular complexity index is 1460. The number of fused-ring (bicyclic) bond motifs is 1. The summed E-state index contributed by atoms with van der Waals surface area (Å²) >= 11 is 12.5. The fourth-order valence-electron chi connectivity index (χ4n) is 4.41. The van der Waals surface area contributed by atoms with Gasteiger partial charge in [0.05, 0.1) is 28.3 Å². The first kappa shape index (κ1) is 27.8. The molecule has 0 radical (unpaired) electrons. The lowest BCUT2D eigenvalue weighted by molar-refractivity contribution is -0.885. The third-order valence-corrected chi connectivity index (χ3v) is 7.13. The molecule has 3 N–H and O–H groups in total. The number of ether oxygens (including phenoxy) is 3. The molecule has 210 valence electrons. The second-order valence-corrected chi connectivity index (χ2v) is 10.1.